The summed E-state index contributed by atoms with van der Waals surface area (Å²) >= 11 is 0. The Morgan fingerprint density at radius 3 is 3.00 bits per heavy atom. The third kappa shape index (κ3) is 1.45. The Morgan fingerprint density at radius 1 is 1.40 bits per heavy atom. The summed E-state index contributed by atoms with van der Waals surface area (Å²) in [5.41, 5.74) is 6.57. The van der Waals surface area contributed by atoms with Gasteiger partial charge in [0, 0.05) is 12.2 Å². The van der Waals surface area contributed by atoms with Crippen LogP contribution in [0.15, 0.2) is 24.8 Å². The Bertz CT molecular complexity index is 486. The molecular formula is C10H11N5. The minimum Gasteiger partial charge on any atom is -0.384 e. The van der Waals surface area contributed by atoms with Crippen molar-refractivity contribution in [3.05, 3.63) is 24.8 Å². The zero-order valence-corrected chi connectivity index (χ0v) is 8.17. The maximum absolute atomic E-state index is 5.63. The quantitative estimate of drug-likeness (QED) is 0.794. The molecular weight excluding hydrogens is 190 g/mol. The number of nitrogen functional groups attached to an aromatic ring is 1. The maximum Gasteiger partial charge on any atom is 0.179 e. The second-order valence-electron chi connectivity index (χ2n) is 3.72. The van der Waals surface area contributed by atoms with E-state index in [0.717, 1.165) is 5.69 Å². The van der Waals surface area contributed by atoms with Crippen molar-refractivity contribution < 1.29 is 0 Å². The Morgan fingerprint density at radius 2 is 2.27 bits per heavy atom. The molecule has 0 spiro atoms. The number of imidazole rings is 1. The van der Waals surface area contributed by atoms with Gasteiger partial charge in [0.2, 0.25) is 0 Å². The largest absolute Gasteiger partial charge is 0.384 e. The van der Waals surface area contributed by atoms with E-state index in [9.17, 15) is 0 Å². The number of hydrogen-bond donors (Lipinski definition) is 1. The van der Waals surface area contributed by atoms with Crippen LogP contribution in [0.3, 0.4) is 0 Å². The smallest absolute Gasteiger partial charge is 0.179 e. The first-order valence-electron chi connectivity index (χ1n) is 4.95. The Labute approximate surface area is 87.0 Å². The molecule has 1 fully saturated rings. The van der Waals surface area contributed by atoms with Crippen LogP contribution in [0.25, 0.3) is 11.5 Å². The molecule has 0 radical (unpaired) electrons. The summed E-state index contributed by atoms with van der Waals surface area (Å²) in [7, 11) is 0. The van der Waals surface area contributed by atoms with Gasteiger partial charge in [-0.15, -0.1) is 0 Å². The summed E-state index contributed by atoms with van der Waals surface area (Å²) in [6, 6.07) is 2.26. The molecule has 5 heteroatoms. The average molecular weight is 201 g/mol. The molecule has 3 rings (SSSR count). The fourth-order valence-corrected chi connectivity index (χ4v) is 1.62. The van der Waals surface area contributed by atoms with E-state index in [2.05, 4.69) is 19.5 Å². The number of hydrogen-bond acceptors (Lipinski definition) is 4. The summed E-state index contributed by atoms with van der Waals surface area (Å²) in [5.74, 6) is 1.14. The number of aromatic nitrogens is 4. The van der Waals surface area contributed by atoms with Crippen molar-refractivity contribution in [2.75, 3.05) is 5.73 Å². The highest BCUT2D eigenvalue weighted by Crippen LogP contribution is 2.37. The van der Waals surface area contributed by atoms with E-state index in [0.29, 0.717) is 17.7 Å². The van der Waals surface area contributed by atoms with Gasteiger partial charge in [0.25, 0.3) is 0 Å². The van der Waals surface area contributed by atoms with Gasteiger partial charge in [-0.3, -0.25) is 0 Å². The first-order valence-corrected chi connectivity index (χ1v) is 4.95. The summed E-state index contributed by atoms with van der Waals surface area (Å²) in [6.45, 7) is 0. The van der Waals surface area contributed by atoms with E-state index in [1.54, 1.807) is 18.5 Å². The summed E-state index contributed by atoms with van der Waals surface area (Å²) in [5, 5.41) is 0. The van der Waals surface area contributed by atoms with E-state index in [4.69, 9.17) is 5.73 Å². The van der Waals surface area contributed by atoms with Crippen molar-refractivity contribution in [1.29, 1.82) is 0 Å². The first-order chi connectivity index (χ1) is 7.34. The monoisotopic (exact) mass is 201 g/mol. The molecule has 1 aliphatic carbocycles. The van der Waals surface area contributed by atoms with Crippen molar-refractivity contribution in [3.63, 3.8) is 0 Å². The van der Waals surface area contributed by atoms with Crippen molar-refractivity contribution in [2.45, 2.75) is 18.9 Å². The number of nitrogens with zero attached hydrogens (tertiary/aromatic N) is 4. The summed E-state index contributed by atoms with van der Waals surface area (Å²) < 4.78 is 2.12. The third-order valence-corrected chi connectivity index (χ3v) is 2.51. The SMILES string of the molecule is Nc1ccnc(-c2cncn2C2CC2)n1. The molecule has 0 unspecified atom stereocenters. The molecule has 0 saturated heterocycles. The van der Waals surface area contributed by atoms with Gasteiger partial charge in [-0.05, 0) is 18.9 Å². The van der Waals surface area contributed by atoms with Gasteiger partial charge in [-0.25, -0.2) is 15.0 Å². The highest BCUT2D eigenvalue weighted by atomic mass is 15.1. The molecule has 2 aromatic rings. The molecule has 1 saturated carbocycles. The van der Waals surface area contributed by atoms with Crippen molar-refractivity contribution in [3.8, 4) is 11.5 Å². The fourth-order valence-electron chi connectivity index (χ4n) is 1.62. The van der Waals surface area contributed by atoms with Crippen LogP contribution in [-0.4, -0.2) is 19.5 Å². The van der Waals surface area contributed by atoms with Crippen LogP contribution in [0.1, 0.15) is 18.9 Å². The minimum absolute atomic E-state index is 0.489. The molecule has 0 aromatic carbocycles. The highest BCUT2D eigenvalue weighted by Gasteiger charge is 2.26. The van der Waals surface area contributed by atoms with Crippen molar-refractivity contribution >= 4 is 5.82 Å². The number of rotatable bonds is 2. The fraction of sp³-hybridized carbons (Fsp3) is 0.300. The van der Waals surface area contributed by atoms with Crippen LogP contribution in [0.2, 0.25) is 0 Å². The lowest BCUT2D eigenvalue weighted by molar-refractivity contribution is 0.743. The van der Waals surface area contributed by atoms with E-state index in [1.165, 1.54) is 12.8 Å². The van der Waals surface area contributed by atoms with Gasteiger partial charge in [0.05, 0.1) is 12.5 Å². The van der Waals surface area contributed by atoms with Crippen LogP contribution in [0, 0.1) is 0 Å². The molecule has 0 bridgehead atoms. The molecule has 1 aliphatic rings. The van der Waals surface area contributed by atoms with E-state index < -0.39 is 0 Å². The molecule has 15 heavy (non-hydrogen) atoms. The predicted molar refractivity (Wildman–Crippen MR) is 55.9 cm³/mol. The second-order valence-corrected chi connectivity index (χ2v) is 3.72. The van der Waals surface area contributed by atoms with Gasteiger partial charge in [0.15, 0.2) is 5.82 Å². The van der Waals surface area contributed by atoms with Gasteiger partial charge in [-0.1, -0.05) is 0 Å². The molecule has 2 heterocycles. The normalized spacial score (nSPS) is 15.5. The van der Waals surface area contributed by atoms with Crippen LogP contribution in [0.5, 0.6) is 0 Å². The van der Waals surface area contributed by atoms with Crippen LogP contribution in [-0.2, 0) is 0 Å². The van der Waals surface area contributed by atoms with Crippen molar-refractivity contribution in [1.82, 2.24) is 19.5 Å². The van der Waals surface area contributed by atoms with E-state index in [1.807, 2.05) is 6.33 Å². The number of nitrogens with two attached hydrogens (primary N) is 1. The molecule has 2 aromatic heterocycles. The Balaban J connectivity index is 2.07. The first kappa shape index (κ1) is 8.40. The molecule has 76 valence electrons. The average Bonchev–Trinajstić information content (AvgIpc) is 2.96. The van der Waals surface area contributed by atoms with Crippen LogP contribution < -0.4 is 5.73 Å². The second kappa shape index (κ2) is 3.05. The predicted octanol–water partition coefficient (Wildman–Crippen LogP) is 1.26. The molecule has 5 nitrogen and oxygen atoms in total. The summed E-state index contributed by atoms with van der Waals surface area (Å²) in [4.78, 5) is 12.5. The molecule has 0 amide bonds. The highest BCUT2D eigenvalue weighted by molar-refractivity contribution is 5.51. The Hall–Kier alpha value is -1.91. The lowest BCUT2D eigenvalue weighted by Gasteiger charge is -2.04. The topological polar surface area (TPSA) is 69.6 Å². The zero-order chi connectivity index (χ0) is 10.3. The molecule has 0 atom stereocenters. The standard InChI is InChI=1S/C10H11N5/c11-9-3-4-13-10(14-9)8-5-12-6-15(8)7-1-2-7/h3-7H,1-2H2,(H2,11,13,14). The van der Waals surface area contributed by atoms with Gasteiger partial charge >= 0.3 is 0 Å². The summed E-state index contributed by atoms with van der Waals surface area (Å²) in [6.07, 6.45) is 7.71. The molecule has 0 aliphatic heterocycles. The van der Waals surface area contributed by atoms with Crippen molar-refractivity contribution in [2.24, 2.45) is 0 Å². The Kier molecular flexibility index (Phi) is 1.71. The minimum atomic E-state index is 0.489. The van der Waals surface area contributed by atoms with Gasteiger partial charge in [-0.2, -0.15) is 0 Å². The zero-order valence-electron chi connectivity index (χ0n) is 8.17. The van der Waals surface area contributed by atoms with Gasteiger partial charge in [0.1, 0.15) is 11.5 Å². The van der Waals surface area contributed by atoms with Crippen LogP contribution in [0.4, 0.5) is 5.82 Å². The molecule has 2 N–H and O–H groups in total. The van der Waals surface area contributed by atoms with E-state index >= 15 is 0 Å². The lowest BCUT2D eigenvalue weighted by atomic mass is 10.4. The maximum atomic E-state index is 5.63. The van der Waals surface area contributed by atoms with E-state index in [-0.39, 0.29) is 0 Å². The van der Waals surface area contributed by atoms with Gasteiger partial charge < -0.3 is 10.3 Å². The number of anilines is 1. The van der Waals surface area contributed by atoms with Crippen LogP contribution >= 0.6 is 0 Å². The third-order valence-electron chi connectivity index (χ3n) is 2.51. The lowest BCUT2D eigenvalue weighted by Crippen LogP contribution is -2.00.